The molecule has 0 fully saturated rings. The van der Waals surface area contributed by atoms with Crippen LogP contribution in [0.3, 0.4) is 0 Å². The molecule has 7 nitrogen and oxygen atoms in total. The number of carboxylic acids is 1. The number of benzene rings is 1. The first-order chi connectivity index (χ1) is 11.5. The second-order valence-electron chi connectivity index (χ2n) is 5.50. The van der Waals surface area contributed by atoms with Crippen LogP contribution in [0.1, 0.15) is 34.1 Å². The molecule has 1 amide bonds. The summed E-state index contributed by atoms with van der Waals surface area (Å²) in [7, 11) is 0. The van der Waals surface area contributed by atoms with Crippen molar-refractivity contribution < 1.29 is 14.7 Å². The summed E-state index contributed by atoms with van der Waals surface area (Å²) in [6, 6.07) is 8.46. The van der Waals surface area contributed by atoms with E-state index in [1.165, 1.54) is 6.33 Å². The number of carbonyl (C=O) groups excluding carboxylic acids is 1. The van der Waals surface area contributed by atoms with Crippen LogP contribution in [0.25, 0.3) is 11.0 Å². The Morgan fingerprint density at radius 2 is 1.96 bits per heavy atom. The number of carbonyl (C=O) groups is 2. The summed E-state index contributed by atoms with van der Waals surface area (Å²) in [5.74, 6) is -1.43. The van der Waals surface area contributed by atoms with Crippen LogP contribution in [0, 0.1) is 6.92 Å². The highest BCUT2D eigenvalue weighted by atomic mass is 16.4. The van der Waals surface area contributed by atoms with Crippen molar-refractivity contribution in [1.29, 1.82) is 0 Å². The molecule has 122 valence electrons. The zero-order valence-electron chi connectivity index (χ0n) is 13.0. The van der Waals surface area contributed by atoms with Crippen molar-refractivity contribution in [1.82, 2.24) is 20.3 Å². The SMILES string of the molecule is Cc1ccc([C@H](CC(=O)O)NC(=O)c2ncnc3[nH]ccc23)cc1. The van der Waals surface area contributed by atoms with Gasteiger partial charge in [0.15, 0.2) is 0 Å². The van der Waals surface area contributed by atoms with E-state index in [-0.39, 0.29) is 12.1 Å². The Labute approximate surface area is 137 Å². The van der Waals surface area contributed by atoms with Gasteiger partial charge in [-0.1, -0.05) is 29.8 Å². The number of fused-ring (bicyclic) bond motifs is 1. The fraction of sp³-hybridized carbons (Fsp3) is 0.176. The minimum absolute atomic E-state index is 0.212. The Kier molecular flexibility index (Phi) is 4.24. The van der Waals surface area contributed by atoms with Gasteiger partial charge in [0.05, 0.1) is 17.8 Å². The Morgan fingerprint density at radius 1 is 1.21 bits per heavy atom. The van der Waals surface area contributed by atoms with Gasteiger partial charge in [0, 0.05) is 6.20 Å². The molecule has 3 aromatic rings. The first kappa shape index (κ1) is 15.7. The van der Waals surface area contributed by atoms with Crippen LogP contribution in [-0.2, 0) is 4.79 Å². The van der Waals surface area contributed by atoms with Gasteiger partial charge in [-0.2, -0.15) is 0 Å². The highest BCUT2D eigenvalue weighted by Gasteiger charge is 2.21. The molecule has 0 radical (unpaired) electrons. The van der Waals surface area contributed by atoms with Gasteiger partial charge in [0.25, 0.3) is 5.91 Å². The third-order valence-electron chi connectivity index (χ3n) is 3.73. The highest BCUT2D eigenvalue weighted by Crippen LogP contribution is 2.20. The minimum Gasteiger partial charge on any atom is -0.481 e. The largest absolute Gasteiger partial charge is 0.481 e. The number of aromatic nitrogens is 3. The average Bonchev–Trinajstić information content (AvgIpc) is 3.03. The van der Waals surface area contributed by atoms with E-state index in [1.807, 2.05) is 31.2 Å². The fourth-order valence-electron chi connectivity index (χ4n) is 2.51. The number of nitrogens with one attached hydrogen (secondary N) is 2. The lowest BCUT2D eigenvalue weighted by Gasteiger charge is -2.17. The van der Waals surface area contributed by atoms with Gasteiger partial charge >= 0.3 is 5.97 Å². The number of aryl methyl sites for hydroxylation is 1. The number of nitrogens with zero attached hydrogens (tertiary/aromatic N) is 2. The molecular formula is C17H16N4O3. The zero-order valence-corrected chi connectivity index (χ0v) is 13.0. The highest BCUT2D eigenvalue weighted by molar-refractivity contribution is 6.03. The maximum atomic E-state index is 12.6. The molecule has 0 spiro atoms. The monoisotopic (exact) mass is 324 g/mol. The summed E-state index contributed by atoms with van der Waals surface area (Å²) < 4.78 is 0. The molecule has 0 aliphatic heterocycles. The Hall–Kier alpha value is -3.22. The lowest BCUT2D eigenvalue weighted by molar-refractivity contribution is -0.137. The zero-order chi connectivity index (χ0) is 17.1. The standard InChI is InChI=1S/C17H16N4O3/c1-10-2-4-11(5-3-10)13(8-14(22)23)21-17(24)15-12-6-7-18-16(12)20-9-19-15/h2-7,9,13H,8H2,1H3,(H,21,24)(H,22,23)(H,18,19,20)/t13-/m0/s1. The number of amides is 1. The maximum Gasteiger partial charge on any atom is 0.305 e. The van der Waals surface area contributed by atoms with Crippen molar-refractivity contribution in [2.75, 3.05) is 0 Å². The second kappa shape index (κ2) is 6.49. The van der Waals surface area contributed by atoms with Crippen molar-refractivity contribution in [3.63, 3.8) is 0 Å². The smallest absolute Gasteiger partial charge is 0.305 e. The molecule has 1 atom stereocenters. The average molecular weight is 324 g/mol. The van der Waals surface area contributed by atoms with Gasteiger partial charge in [-0.25, -0.2) is 9.97 Å². The summed E-state index contributed by atoms with van der Waals surface area (Å²) in [5.41, 5.74) is 2.56. The molecule has 0 bridgehead atoms. The predicted molar refractivity (Wildman–Crippen MR) is 87.5 cm³/mol. The van der Waals surface area contributed by atoms with Crippen molar-refractivity contribution in [3.8, 4) is 0 Å². The Morgan fingerprint density at radius 3 is 2.67 bits per heavy atom. The molecule has 0 aliphatic carbocycles. The van der Waals surface area contributed by atoms with Gasteiger partial charge in [0.2, 0.25) is 0 Å². The third kappa shape index (κ3) is 3.24. The Balaban J connectivity index is 1.89. The second-order valence-corrected chi connectivity index (χ2v) is 5.50. The molecule has 3 N–H and O–H groups in total. The van der Waals surface area contributed by atoms with E-state index >= 15 is 0 Å². The number of aliphatic carboxylic acids is 1. The van der Waals surface area contributed by atoms with Gasteiger partial charge in [-0.05, 0) is 18.6 Å². The molecule has 0 unspecified atom stereocenters. The van der Waals surface area contributed by atoms with Crippen molar-refractivity contribution in [2.45, 2.75) is 19.4 Å². The number of aromatic amines is 1. The van der Waals surface area contributed by atoms with Gasteiger partial charge in [0.1, 0.15) is 17.7 Å². The fourth-order valence-corrected chi connectivity index (χ4v) is 2.51. The lowest BCUT2D eigenvalue weighted by atomic mass is 10.0. The number of carboxylic acid groups (broad SMARTS) is 1. The topological polar surface area (TPSA) is 108 Å². The molecular weight excluding hydrogens is 308 g/mol. The number of hydrogen-bond acceptors (Lipinski definition) is 4. The van der Waals surface area contributed by atoms with Crippen LogP contribution < -0.4 is 5.32 Å². The molecule has 0 aliphatic rings. The van der Waals surface area contributed by atoms with Crippen molar-refractivity contribution >= 4 is 22.9 Å². The molecule has 1 aromatic carbocycles. The number of H-pyrrole nitrogens is 1. The molecule has 7 heteroatoms. The summed E-state index contributed by atoms with van der Waals surface area (Å²) in [6.45, 7) is 1.94. The molecule has 2 heterocycles. The van der Waals surface area contributed by atoms with Crippen LogP contribution in [0.15, 0.2) is 42.9 Å². The van der Waals surface area contributed by atoms with Gasteiger partial charge in [-0.3, -0.25) is 9.59 Å². The maximum absolute atomic E-state index is 12.6. The van der Waals surface area contributed by atoms with E-state index < -0.39 is 17.9 Å². The summed E-state index contributed by atoms with van der Waals surface area (Å²) in [5, 5.41) is 12.5. The predicted octanol–water partition coefficient (Wildman–Crippen LogP) is 2.21. The van der Waals surface area contributed by atoms with Crippen molar-refractivity contribution in [3.05, 3.63) is 59.7 Å². The number of hydrogen-bond donors (Lipinski definition) is 3. The van der Waals surface area contributed by atoms with Crippen LogP contribution in [0.4, 0.5) is 0 Å². The van der Waals surface area contributed by atoms with Gasteiger partial charge < -0.3 is 15.4 Å². The van der Waals surface area contributed by atoms with E-state index in [0.717, 1.165) is 11.1 Å². The quantitative estimate of drug-likeness (QED) is 0.667. The van der Waals surface area contributed by atoms with E-state index in [9.17, 15) is 9.59 Å². The minimum atomic E-state index is -0.990. The van der Waals surface area contributed by atoms with E-state index in [1.54, 1.807) is 12.3 Å². The normalized spacial score (nSPS) is 12.0. The van der Waals surface area contributed by atoms with Crippen LogP contribution in [0.5, 0.6) is 0 Å². The summed E-state index contributed by atoms with van der Waals surface area (Å²) >= 11 is 0. The molecule has 3 rings (SSSR count). The first-order valence-corrected chi connectivity index (χ1v) is 7.42. The van der Waals surface area contributed by atoms with Crippen molar-refractivity contribution in [2.24, 2.45) is 0 Å². The molecule has 24 heavy (non-hydrogen) atoms. The third-order valence-corrected chi connectivity index (χ3v) is 3.73. The summed E-state index contributed by atoms with van der Waals surface area (Å²) in [4.78, 5) is 34.7. The van der Waals surface area contributed by atoms with Crippen LogP contribution >= 0.6 is 0 Å². The molecule has 0 saturated heterocycles. The summed E-state index contributed by atoms with van der Waals surface area (Å²) in [6.07, 6.45) is 2.76. The van der Waals surface area contributed by atoms with E-state index in [4.69, 9.17) is 5.11 Å². The van der Waals surface area contributed by atoms with E-state index in [2.05, 4.69) is 20.3 Å². The van der Waals surface area contributed by atoms with Crippen LogP contribution in [-0.4, -0.2) is 31.9 Å². The lowest BCUT2D eigenvalue weighted by Crippen LogP contribution is -2.31. The van der Waals surface area contributed by atoms with Gasteiger partial charge in [-0.15, -0.1) is 0 Å². The van der Waals surface area contributed by atoms with E-state index in [0.29, 0.717) is 11.0 Å². The number of rotatable bonds is 5. The molecule has 2 aromatic heterocycles. The van der Waals surface area contributed by atoms with Crippen LogP contribution in [0.2, 0.25) is 0 Å². The molecule has 0 saturated carbocycles. The Bertz CT molecular complexity index is 886. The first-order valence-electron chi connectivity index (χ1n) is 7.42.